The van der Waals surface area contributed by atoms with Crippen molar-refractivity contribution in [3.8, 4) is 11.5 Å². The molecule has 0 radical (unpaired) electrons. The lowest BCUT2D eigenvalue weighted by molar-refractivity contribution is 0.0598. The van der Waals surface area contributed by atoms with E-state index in [1.54, 1.807) is 0 Å². The highest BCUT2D eigenvalue weighted by molar-refractivity contribution is 5.51. The summed E-state index contributed by atoms with van der Waals surface area (Å²) in [6, 6.07) is 9.94. The number of hydrogen-bond acceptors (Lipinski definition) is 6. The number of piperazine rings is 1. The Morgan fingerprint density at radius 2 is 1.78 bits per heavy atom. The molecule has 0 spiro atoms. The summed E-state index contributed by atoms with van der Waals surface area (Å²) in [5.74, 6) is 1.23. The lowest BCUT2D eigenvalue weighted by atomic mass is 10.2. The average Bonchev–Trinajstić information content (AvgIpc) is 3.05. The normalized spacial score (nSPS) is 19.6. The van der Waals surface area contributed by atoms with E-state index in [-0.39, 0.29) is 12.1 Å². The lowest BCUT2D eigenvalue weighted by Crippen LogP contribution is -2.48. The van der Waals surface area contributed by atoms with Crippen LogP contribution in [-0.4, -0.2) is 63.9 Å². The van der Waals surface area contributed by atoms with Crippen LogP contribution in [-0.2, 0) is 0 Å². The predicted octanol–water partition coefficient (Wildman–Crippen LogP) is 1.80. The summed E-state index contributed by atoms with van der Waals surface area (Å²) in [4.78, 5) is 4.64. The van der Waals surface area contributed by atoms with Crippen LogP contribution >= 0.6 is 0 Å². The third kappa shape index (κ3) is 3.96. The Bertz CT molecular complexity index is 606. The second kappa shape index (κ2) is 7.21. The average molecular weight is 316 g/mol. The fraction of sp³-hybridized carbons (Fsp3) is 0.529. The molecule has 1 aromatic carbocycles. The Balaban J connectivity index is 1.61. The molecule has 1 N–H and O–H groups in total. The highest BCUT2D eigenvalue weighted by Crippen LogP contribution is 2.24. The number of aliphatic hydroxyl groups is 1. The van der Waals surface area contributed by atoms with Crippen molar-refractivity contribution in [3.05, 3.63) is 36.2 Å². The van der Waals surface area contributed by atoms with Crippen LogP contribution in [0.25, 0.3) is 11.5 Å². The molecule has 6 heteroatoms. The van der Waals surface area contributed by atoms with Crippen LogP contribution < -0.4 is 0 Å². The number of aromatic nitrogens is 2. The molecule has 124 valence electrons. The molecule has 6 nitrogen and oxygen atoms in total. The van der Waals surface area contributed by atoms with Crippen molar-refractivity contribution in [3.63, 3.8) is 0 Å². The van der Waals surface area contributed by atoms with Crippen molar-refractivity contribution >= 4 is 0 Å². The Morgan fingerprint density at radius 1 is 1.09 bits per heavy atom. The Morgan fingerprint density at radius 3 is 2.43 bits per heavy atom. The molecule has 0 aliphatic carbocycles. The molecule has 1 fully saturated rings. The van der Waals surface area contributed by atoms with Gasteiger partial charge in [0.05, 0.1) is 12.1 Å². The molecule has 0 amide bonds. The van der Waals surface area contributed by atoms with Gasteiger partial charge in [-0.25, -0.2) is 0 Å². The van der Waals surface area contributed by atoms with E-state index < -0.39 is 0 Å². The van der Waals surface area contributed by atoms with Gasteiger partial charge in [0, 0.05) is 38.3 Å². The van der Waals surface area contributed by atoms with Crippen LogP contribution in [0.4, 0.5) is 0 Å². The van der Waals surface area contributed by atoms with Gasteiger partial charge in [0.15, 0.2) is 0 Å². The number of hydrogen-bond donors (Lipinski definition) is 1. The Kier molecular flexibility index (Phi) is 5.05. The van der Waals surface area contributed by atoms with E-state index in [1.807, 2.05) is 37.3 Å². The Hall–Kier alpha value is -1.76. The van der Waals surface area contributed by atoms with Crippen molar-refractivity contribution in [2.45, 2.75) is 26.0 Å². The van der Waals surface area contributed by atoms with Gasteiger partial charge in [-0.1, -0.05) is 18.2 Å². The summed E-state index contributed by atoms with van der Waals surface area (Å²) < 4.78 is 5.86. The zero-order valence-electron chi connectivity index (χ0n) is 13.7. The molecule has 1 aromatic heterocycles. The molecule has 2 atom stereocenters. The van der Waals surface area contributed by atoms with Crippen molar-refractivity contribution < 1.29 is 9.52 Å². The first-order chi connectivity index (χ1) is 11.1. The summed E-state index contributed by atoms with van der Waals surface area (Å²) in [7, 11) is 0. The molecular formula is C17H24N4O2. The monoisotopic (exact) mass is 316 g/mol. The van der Waals surface area contributed by atoms with E-state index >= 15 is 0 Å². The summed E-state index contributed by atoms with van der Waals surface area (Å²) in [6.45, 7) is 8.46. The van der Waals surface area contributed by atoms with Crippen LogP contribution in [0.5, 0.6) is 0 Å². The molecule has 3 rings (SSSR count). The molecule has 1 aliphatic heterocycles. The summed E-state index contributed by atoms with van der Waals surface area (Å²) >= 11 is 0. The topological polar surface area (TPSA) is 65.6 Å². The van der Waals surface area contributed by atoms with Gasteiger partial charge in [0.1, 0.15) is 0 Å². The first kappa shape index (κ1) is 16.1. The third-order valence-corrected chi connectivity index (χ3v) is 4.30. The minimum atomic E-state index is -0.275. The molecule has 1 saturated heterocycles. The molecule has 1 aliphatic rings. The van der Waals surface area contributed by atoms with Crippen LogP contribution in [0, 0.1) is 0 Å². The van der Waals surface area contributed by atoms with Crippen LogP contribution in [0.3, 0.4) is 0 Å². The van der Waals surface area contributed by atoms with Gasteiger partial charge >= 0.3 is 0 Å². The summed E-state index contributed by atoms with van der Waals surface area (Å²) in [5.41, 5.74) is 0.945. The van der Waals surface area contributed by atoms with Crippen molar-refractivity contribution in [1.82, 2.24) is 20.0 Å². The van der Waals surface area contributed by atoms with Crippen molar-refractivity contribution in [2.75, 3.05) is 32.7 Å². The molecule has 23 heavy (non-hydrogen) atoms. The van der Waals surface area contributed by atoms with E-state index in [1.165, 1.54) is 0 Å². The van der Waals surface area contributed by atoms with Gasteiger partial charge in [-0.15, -0.1) is 10.2 Å². The van der Waals surface area contributed by atoms with Crippen molar-refractivity contribution in [2.24, 2.45) is 0 Å². The van der Waals surface area contributed by atoms with Gasteiger partial charge in [0.2, 0.25) is 11.8 Å². The minimum Gasteiger partial charge on any atom is -0.419 e. The molecule has 2 aromatic rings. The molecule has 0 bridgehead atoms. The maximum absolute atomic E-state index is 9.48. The van der Waals surface area contributed by atoms with Gasteiger partial charge in [-0.3, -0.25) is 9.80 Å². The molecular weight excluding hydrogens is 292 g/mol. The van der Waals surface area contributed by atoms with E-state index in [0.717, 1.165) is 38.3 Å². The largest absolute Gasteiger partial charge is 0.419 e. The zero-order chi connectivity index (χ0) is 16.2. The van der Waals surface area contributed by atoms with Gasteiger partial charge in [0.25, 0.3) is 0 Å². The standard InChI is InChI=1S/C17H24N4O2/c1-13(22)12-20-8-10-21(11-9-20)14(2)16-18-19-17(23-16)15-6-4-3-5-7-15/h3-7,13-14,22H,8-12H2,1-2H3/t13-,14-/m0/s1. The number of rotatable bonds is 5. The maximum Gasteiger partial charge on any atom is 0.247 e. The number of aliphatic hydroxyl groups excluding tert-OH is 1. The van der Waals surface area contributed by atoms with Crippen LogP contribution in [0.1, 0.15) is 25.8 Å². The van der Waals surface area contributed by atoms with Gasteiger partial charge < -0.3 is 9.52 Å². The molecule has 2 heterocycles. The van der Waals surface area contributed by atoms with E-state index in [2.05, 4.69) is 26.9 Å². The minimum absolute atomic E-state index is 0.105. The predicted molar refractivity (Wildman–Crippen MR) is 87.8 cm³/mol. The van der Waals surface area contributed by atoms with Gasteiger partial charge in [-0.2, -0.15) is 0 Å². The zero-order valence-corrected chi connectivity index (χ0v) is 13.7. The fourth-order valence-electron chi connectivity index (χ4n) is 2.96. The second-order valence-corrected chi connectivity index (χ2v) is 6.17. The second-order valence-electron chi connectivity index (χ2n) is 6.17. The Labute approximate surface area is 136 Å². The number of nitrogens with zero attached hydrogens (tertiary/aromatic N) is 4. The summed E-state index contributed by atoms with van der Waals surface area (Å²) in [5, 5.41) is 17.9. The SMILES string of the molecule is C[C@H](O)CN1CCN([C@@H](C)c2nnc(-c3ccccc3)o2)CC1. The van der Waals surface area contributed by atoms with Crippen LogP contribution in [0.15, 0.2) is 34.7 Å². The van der Waals surface area contributed by atoms with Crippen molar-refractivity contribution in [1.29, 1.82) is 0 Å². The van der Waals surface area contributed by atoms with Gasteiger partial charge in [-0.05, 0) is 26.0 Å². The highest BCUT2D eigenvalue weighted by atomic mass is 16.4. The lowest BCUT2D eigenvalue weighted by Gasteiger charge is -2.37. The number of β-amino-alcohol motifs (C(OH)–C–C–N with tert-alkyl or cyclic N) is 1. The third-order valence-electron chi connectivity index (χ3n) is 4.30. The maximum atomic E-state index is 9.48. The fourth-order valence-corrected chi connectivity index (χ4v) is 2.96. The molecule has 0 unspecified atom stereocenters. The highest BCUT2D eigenvalue weighted by Gasteiger charge is 2.26. The first-order valence-electron chi connectivity index (χ1n) is 8.17. The first-order valence-corrected chi connectivity index (χ1v) is 8.17. The van der Waals surface area contributed by atoms with E-state index in [9.17, 15) is 5.11 Å². The molecule has 0 saturated carbocycles. The smallest absolute Gasteiger partial charge is 0.247 e. The quantitative estimate of drug-likeness (QED) is 0.907. The van der Waals surface area contributed by atoms with E-state index in [0.29, 0.717) is 11.8 Å². The summed E-state index contributed by atoms with van der Waals surface area (Å²) in [6.07, 6.45) is -0.275. The number of benzene rings is 1. The van der Waals surface area contributed by atoms with Crippen LogP contribution in [0.2, 0.25) is 0 Å². The van der Waals surface area contributed by atoms with E-state index in [4.69, 9.17) is 4.42 Å².